The highest BCUT2D eigenvalue weighted by molar-refractivity contribution is 6.30. The van der Waals surface area contributed by atoms with Crippen LogP contribution in [0.15, 0.2) is 18.2 Å². The van der Waals surface area contributed by atoms with E-state index in [0.717, 1.165) is 6.42 Å². The molecule has 1 aromatic rings. The van der Waals surface area contributed by atoms with Crippen LogP contribution < -0.4 is 0 Å². The summed E-state index contributed by atoms with van der Waals surface area (Å²) in [6, 6.07) is 4.24. The van der Waals surface area contributed by atoms with Gasteiger partial charge in [0.25, 0.3) is 0 Å². The van der Waals surface area contributed by atoms with Crippen LogP contribution in [0, 0.1) is 11.7 Å². The molecular weight excluding hydrogens is 239 g/mol. The van der Waals surface area contributed by atoms with Crippen molar-refractivity contribution < 1.29 is 9.18 Å². The molecular formula is C14H16ClFO. The number of halogens is 2. The number of ketones is 1. The summed E-state index contributed by atoms with van der Waals surface area (Å²) in [4.78, 5) is 11.9. The summed E-state index contributed by atoms with van der Waals surface area (Å²) in [5.41, 5.74) is 0.174. The molecule has 0 N–H and O–H groups in total. The minimum atomic E-state index is -0.506. The second-order valence-corrected chi connectivity index (χ2v) is 5.17. The lowest BCUT2D eigenvalue weighted by molar-refractivity contribution is 0.0970. The van der Waals surface area contributed by atoms with E-state index < -0.39 is 5.82 Å². The topological polar surface area (TPSA) is 17.1 Å². The Bertz CT molecular complexity index is 411. The van der Waals surface area contributed by atoms with Gasteiger partial charge in [-0.3, -0.25) is 4.79 Å². The van der Waals surface area contributed by atoms with Gasteiger partial charge >= 0.3 is 0 Å². The molecule has 2 rings (SSSR count). The van der Waals surface area contributed by atoms with Crippen LogP contribution in [0.5, 0.6) is 0 Å². The van der Waals surface area contributed by atoms with Crippen LogP contribution in [-0.2, 0) is 0 Å². The minimum absolute atomic E-state index is 0.105. The standard InChI is InChI=1S/C14H16ClFO/c15-11-6-7-12(13(16)9-11)14(17)8-5-10-3-1-2-4-10/h6-7,9-10H,1-5,8H2. The summed E-state index contributed by atoms with van der Waals surface area (Å²) in [6.45, 7) is 0. The molecule has 0 heterocycles. The van der Waals surface area contributed by atoms with Gasteiger partial charge < -0.3 is 0 Å². The van der Waals surface area contributed by atoms with Crippen LogP contribution in [0.25, 0.3) is 0 Å². The van der Waals surface area contributed by atoms with Gasteiger partial charge in [-0.15, -0.1) is 0 Å². The van der Waals surface area contributed by atoms with E-state index in [4.69, 9.17) is 11.6 Å². The van der Waals surface area contributed by atoms with E-state index in [0.29, 0.717) is 17.4 Å². The Balaban J connectivity index is 1.94. The molecule has 1 saturated carbocycles. The first-order valence-electron chi connectivity index (χ1n) is 6.15. The Morgan fingerprint density at radius 3 is 2.71 bits per heavy atom. The zero-order valence-electron chi connectivity index (χ0n) is 9.72. The average molecular weight is 255 g/mol. The molecule has 92 valence electrons. The lowest BCUT2D eigenvalue weighted by atomic mass is 9.97. The first kappa shape index (κ1) is 12.6. The molecule has 0 atom stereocenters. The number of carbonyl (C=O) groups excluding carboxylic acids is 1. The number of hydrogen-bond acceptors (Lipinski definition) is 1. The van der Waals surface area contributed by atoms with E-state index >= 15 is 0 Å². The van der Waals surface area contributed by atoms with Crippen LogP contribution in [0.4, 0.5) is 4.39 Å². The second-order valence-electron chi connectivity index (χ2n) is 4.74. The Morgan fingerprint density at radius 1 is 1.35 bits per heavy atom. The summed E-state index contributed by atoms with van der Waals surface area (Å²) < 4.78 is 13.5. The highest BCUT2D eigenvalue weighted by atomic mass is 35.5. The molecule has 0 unspecified atom stereocenters. The Morgan fingerprint density at radius 2 is 2.06 bits per heavy atom. The highest BCUT2D eigenvalue weighted by Gasteiger charge is 2.18. The van der Waals surface area contributed by atoms with Crippen molar-refractivity contribution in [1.82, 2.24) is 0 Å². The van der Waals surface area contributed by atoms with Crippen LogP contribution in [0.3, 0.4) is 0 Å². The molecule has 0 aliphatic heterocycles. The third-order valence-corrected chi connectivity index (χ3v) is 3.72. The first-order valence-corrected chi connectivity index (χ1v) is 6.53. The fourth-order valence-electron chi connectivity index (χ4n) is 2.48. The Kier molecular flexibility index (Phi) is 4.16. The van der Waals surface area contributed by atoms with Gasteiger partial charge in [0, 0.05) is 11.4 Å². The van der Waals surface area contributed by atoms with E-state index in [-0.39, 0.29) is 11.3 Å². The number of carbonyl (C=O) groups is 1. The minimum Gasteiger partial charge on any atom is -0.294 e. The lowest BCUT2D eigenvalue weighted by Crippen LogP contribution is -2.05. The van der Waals surface area contributed by atoms with Crippen molar-refractivity contribution in [2.75, 3.05) is 0 Å². The molecule has 1 aliphatic rings. The molecule has 3 heteroatoms. The van der Waals surface area contributed by atoms with Crippen LogP contribution in [0.1, 0.15) is 48.9 Å². The van der Waals surface area contributed by atoms with Crippen molar-refractivity contribution in [3.8, 4) is 0 Å². The summed E-state index contributed by atoms with van der Waals surface area (Å²) in [6.07, 6.45) is 6.32. The predicted octanol–water partition coefficient (Wildman–Crippen LogP) is 4.63. The summed E-state index contributed by atoms with van der Waals surface area (Å²) in [5.74, 6) is 0.0503. The van der Waals surface area contributed by atoms with E-state index in [1.54, 1.807) is 6.07 Å². The van der Waals surface area contributed by atoms with Gasteiger partial charge in [-0.25, -0.2) is 4.39 Å². The fourth-order valence-corrected chi connectivity index (χ4v) is 2.64. The maximum absolute atomic E-state index is 13.5. The maximum atomic E-state index is 13.5. The van der Waals surface area contributed by atoms with Crippen molar-refractivity contribution in [3.63, 3.8) is 0 Å². The molecule has 0 aromatic heterocycles. The van der Waals surface area contributed by atoms with Crippen molar-refractivity contribution in [3.05, 3.63) is 34.6 Å². The van der Waals surface area contributed by atoms with Gasteiger partial charge in [0.2, 0.25) is 0 Å². The quantitative estimate of drug-likeness (QED) is 0.716. The SMILES string of the molecule is O=C(CCC1CCCC1)c1ccc(Cl)cc1F. The van der Waals surface area contributed by atoms with Gasteiger partial charge in [0.05, 0.1) is 5.56 Å². The molecule has 1 nitrogen and oxygen atoms in total. The van der Waals surface area contributed by atoms with Crippen LogP contribution in [0.2, 0.25) is 5.02 Å². The summed E-state index contributed by atoms with van der Waals surface area (Å²) >= 11 is 5.65. The Labute approximate surface area is 106 Å². The van der Waals surface area contributed by atoms with Gasteiger partial charge in [0.15, 0.2) is 5.78 Å². The third-order valence-electron chi connectivity index (χ3n) is 3.49. The molecule has 0 amide bonds. The molecule has 0 radical (unpaired) electrons. The van der Waals surface area contributed by atoms with E-state index in [1.807, 2.05) is 0 Å². The molecule has 0 saturated heterocycles. The normalized spacial score (nSPS) is 16.4. The monoisotopic (exact) mass is 254 g/mol. The number of Topliss-reactive ketones (excluding diaryl/α,β-unsaturated/α-hetero) is 1. The second kappa shape index (κ2) is 5.63. The first-order chi connectivity index (χ1) is 8.16. The maximum Gasteiger partial charge on any atom is 0.165 e. The number of rotatable bonds is 4. The van der Waals surface area contributed by atoms with Crippen molar-refractivity contribution in [2.45, 2.75) is 38.5 Å². The molecule has 0 spiro atoms. The summed E-state index contributed by atoms with van der Waals surface area (Å²) in [7, 11) is 0. The van der Waals surface area contributed by atoms with Gasteiger partial charge in [-0.2, -0.15) is 0 Å². The van der Waals surface area contributed by atoms with Crippen molar-refractivity contribution in [1.29, 1.82) is 0 Å². The van der Waals surface area contributed by atoms with E-state index in [9.17, 15) is 9.18 Å². The van der Waals surface area contributed by atoms with E-state index in [1.165, 1.54) is 37.8 Å². The molecule has 1 fully saturated rings. The molecule has 0 bridgehead atoms. The number of hydrogen-bond donors (Lipinski definition) is 0. The summed E-state index contributed by atoms with van der Waals surface area (Å²) in [5, 5.41) is 0.329. The van der Waals surface area contributed by atoms with Gasteiger partial charge in [-0.1, -0.05) is 37.3 Å². The fraction of sp³-hybridized carbons (Fsp3) is 0.500. The van der Waals surface area contributed by atoms with Crippen LogP contribution >= 0.6 is 11.6 Å². The zero-order valence-corrected chi connectivity index (χ0v) is 10.5. The molecule has 17 heavy (non-hydrogen) atoms. The largest absolute Gasteiger partial charge is 0.294 e. The smallest absolute Gasteiger partial charge is 0.165 e. The number of benzene rings is 1. The molecule has 1 aliphatic carbocycles. The van der Waals surface area contributed by atoms with Gasteiger partial charge in [0.1, 0.15) is 5.82 Å². The van der Waals surface area contributed by atoms with Crippen molar-refractivity contribution >= 4 is 17.4 Å². The lowest BCUT2D eigenvalue weighted by Gasteiger charge is -2.08. The third kappa shape index (κ3) is 3.29. The predicted molar refractivity (Wildman–Crippen MR) is 66.9 cm³/mol. The molecule has 1 aromatic carbocycles. The van der Waals surface area contributed by atoms with Crippen molar-refractivity contribution in [2.24, 2.45) is 5.92 Å². The average Bonchev–Trinajstić information content (AvgIpc) is 2.78. The highest BCUT2D eigenvalue weighted by Crippen LogP contribution is 2.29. The van der Waals surface area contributed by atoms with Gasteiger partial charge in [-0.05, 0) is 30.5 Å². The van der Waals surface area contributed by atoms with E-state index in [2.05, 4.69) is 0 Å². The zero-order chi connectivity index (χ0) is 12.3. The Hall–Kier alpha value is -0.890. The van der Waals surface area contributed by atoms with Crippen LogP contribution in [-0.4, -0.2) is 5.78 Å².